The van der Waals surface area contributed by atoms with Crippen LogP contribution >= 0.6 is 17.0 Å². The number of phenols is 1. The van der Waals surface area contributed by atoms with Gasteiger partial charge in [-0.1, -0.05) is 41.5 Å². The van der Waals surface area contributed by atoms with E-state index in [1.54, 1.807) is 7.11 Å². The van der Waals surface area contributed by atoms with E-state index in [0.29, 0.717) is 17.3 Å². The molecule has 1 aromatic rings. The van der Waals surface area contributed by atoms with E-state index in [0.717, 1.165) is 30.5 Å². The fourth-order valence-corrected chi connectivity index (χ4v) is 4.77. The highest BCUT2D eigenvalue weighted by Gasteiger charge is 2.45. The molecule has 1 aliphatic heterocycles. The molecular formula is C24H37BrN2O3. The molecule has 1 aliphatic carbocycles. The zero-order chi connectivity index (χ0) is 21.7. The number of hydrogen-bond acceptors (Lipinski definition) is 4. The van der Waals surface area contributed by atoms with Crippen molar-refractivity contribution in [3.63, 3.8) is 0 Å². The lowest BCUT2D eigenvalue weighted by molar-refractivity contribution is 0.0943. The Kier molecular flexibility index (Phi) is 7.14. The maximum absolute atomic E-state index is 13.2. The topological polar surface area (TPSA) is 73.6 Å². The van der Waals surface area contributed by atoms with Crippen molar-refractivity contribution >= 4 is 28.6 Å². The summed E-state index contributed by atoms with van der Waals surface area (Å²) in [6.45, 7) is 13.3. The van der Waals surface area contributed by atoms with E-state index in [1.807, 2.05) is 58.6 Å². The van der Waals surface area contributed by atoms with Gasteiger partial charge in [0.1, 0.15) is 5.75 Å². The number of Topliss-reactive ketones (excluding diaryl/α,β-unsaturated/α-hetero) is 1. The van der Waals surface area contributed by atoms with Crippen LogP contribution in [0.2, 0.25) is 0 Å². The van der Waals surface area contributed by atoms with E-state index >= 15 is 0 Å². The first kappa shape index (κ1) is 24.9. The van der Waals surface area contributed by atoms with Crippen molar-refractivity contribution in [3.05, 3.63) is 28.8 Å². The quantitative estimate of drug-likeness (QED) is 0.589. The van der Waals surface area contributed by atoms with Gasteiger partial charge in [-0.05, 0) is 41.7 Å². The van der Waals surface area contributed by atoms with Gasteiger partial charge in [-0.2, -0.15) is 0 Å². The van der Waals surface area contributed by atoms with Crippen LogP contribution in [0.1, 0.15) is 75.9 Å². The Hall–Kier alpha value is -1.40. The molecule has 0 amide bonds. The smallest absolute Gasteiger partial charge is 0.182 e. The van der Waals surface area contributed by atoms with E-state index in [1.165, 1.54) is 0 Å². The second-order valence-corrected chi connectivity index (χ2v) is 10.8. The van der Waals surface area contributed by atoms with Gasteiger partial charge in [0.15, 0.2) is 5.78 Å². The van der Waals surface area contributed by atoms with Crippen molar-refractivity contribution in [1.29, 1.82) is 5.41 Å². The van der Waals surface area contributed by atoms with Gasteiger partial charge >= 0.3 is 0 Å². The summed E-state index contributed by atoms with van der Waals surface area (Å²) in [5, 5.41) is 19.4. The lowest BCUT2D eigenvalue weighted by Crippen LogP contribution is -2.33. The minimum absolute atomic E-state index is 0. The van der Waals surface area contributed by atoms with Crippen LogP contribution in [-0.2, 0) is 15.6 Å². The number of nitrogens with one attached hydrogen (secondary N) is 1. The molecule has 6 heteroatoms. The number of ether oxygens (including phenoxy) is 1. The Balaban J connectivity index is 0.00000320. The highest BCUT2D eigenvalue weighted by atomic mass is 79.9. The molecule has 30 heavy (non-hydrogen) atoms. The van der Waals surface area contributed by atoms with Gasteiger partial charge in [-0.15, -0.1) is 17.0 Å². The van der Waals surface area contributed by atoms with E-state index in [2.05, 4.69) is 0 Å². The minimum Gasteiger partial charge on any atom is -0.507 e. The van der Waals surface area contributed by atoms with Crippen molar-refractivity contribution in [3.8, 4) is 5.75 Å². The van der Waals surface area contributed by atoms with Crippen LogP contribution in [0, 0.1) is 17.2 Å². The SMILES string of the molecule is Br.COC1CC2CN(CC(=O)c3cc(C(C)(C)C)c(O)c(C(C)(C)C)c3)C(=N)C2C1. The Morgan fingerprint density at radius 1 is 1.13 bits per heavy atom. The third-order valence-corrected chi connectivity index (χ3v) is 6.51. The predicted octanol–water partition coefficient (Wildman–Crippen LogP) is 5.08. The molecular weight excluding hydrogens is 444 g/mol. The highest BCUT2D eigenvalue weighted by Crippen LogP contribution is 2.41. The molecule has 5 nitrogen and oxygen atoms in total. The maximum Gasteiger partial charge on any atom is 0.182 e. The van der Waals surface area contributed by atoms with Gasteiger partial charge in [-0.3, -0.25) is 10.2 Å². The highest BCUT2D eigenvalue weighted by molar-refractivity contribution is 8.93. The van der Waals surface area contributed by atoms with Crippen molar-refractivity contribution in [2.75, 3.05) is 20.2 Å². The summed E-state index contributed by atoms with van der Waals surface area (Å²) in [7, 11) is 1.74. The predicted molar refractivity (Wildman–Crippen MR) is 126 cm³/mol. The fourth-order valence-electron chi connectivity index (χ4n) is 4.77. The number of nitrogens with zero attached hydrogens (tertiary/aromatic N) is 1. The number of aromatic hydroxyl groups is 1. The zero-order valence-electron chi connectivity index (χ0n) is 19.3. The molecule has 2 aliphatic rings. The van der Waals surface area contributed by atoms with Crippen molar-refractivity contribution in [2.24, 2.45) is 11.8 Å². The number of phenolic OH excluding ortho intramolecular Hbond substituents is 1. The summed E-state index contributed by atoms with van der Waals surface area (Å²) in [6.07, 6.45) is 2.09. The van der Waals surface area contributed by atoms with Crippen molar-refractivity contribution < 1.29 is 14.6 Å². The normalized spacial score (nSPS) is 24.0. The van der Waals surface area contributed by atoms with Crippen LogP contribution in [0.25, 0.3) is 0 Å². The van der Waals surface area contributed by atoms with Gasteiger partial charge in [0, 0.05) is 36.3 Å². The molecule has 3 atom stereocenters. The molecule has 168 valence electrons. The number of ketones is 1. The maximum atomic E-state index is 13.2. The van der Waals surface area contributed by atoms with Crippen LogP contribution in [-0.4, -0.2) is 47.9 Å². The van der Waals surface area contributed by atoms with Gasteiger partial charge in [0.2, 0.25) is 0 Å². The van der Waals surface area contributed by atoms with Crippen LogP contribution in [0.15, 0.2) is 12.1 Å². The van der Waals surface area contributed by atoms with Crippen molar-refractivity contribution in [1.82, 2.24) is 4.90 Å². The number of likely N-dealkylation sites (tertiary alicyclic amines) is 1. The molecule has 3 unspecified atom stereocenters. The van der Waals surface area contributed by atoms with Gasteiger partial charge in [0.05, 0.1) is 18.5 Å². The number of benzene rings is 1. The number of hydrogen-bond donors (Lipinski definition) is 2. The summed E-state index contributed by atoms with van der Waals surface area (Å²) in [6, 6.07) is 3.68. The zero-order valence-corrected chi connectivity index (χ0v) is 21.0. The van der Waals surface area contributed by atoms with Gasteiger partial charge < -0.3 is 14.7 Å². The Morgan fingerprint density at radius 3 is 2.10 bits per heavy atom. The average molecular weight is 481 g/mol. The Bertz CT molecular complexity index is 788. The third-order valence-electron chi connectivity index (χ3n) is 6.51. The number of rotatable bonds is 4. The van der Waals surface area contributed by atoms with E-state index in [4.69, 9.17) is 10.1 Å². The number of halogens is 1. The first-order valence-electron chi connectivity index (χ1n) is 10.6. The summed E-state index contributed by atoms with van der Waals surface area (Å²) in [5.74, 6) is 1.50. The summed E-state index contributed by atoms with van der Waals surface area (Å²) >= 11 is 0. The molecule has 3 rings (SSSR count). The molecule has 0 aromatic heterocycles. The number of carbonyl (C=O) groups is 1. The molecule has 1 saturated heterocycles. The number of fused-ring (bicyclic) bond motifs is 1. The molecule has 1 saturated carbocycles. The van der Waals surface area contributed by atoms with E-state index in [-0.39, 0.29) is 57.9 Å². The first-order valence-corrected chi connectivity index (χ1v) is 10.6. The Morgan fingerprint density at radius 2 is 1.67 bits per heavy atom. The van der Waals surface area contributed by atoms with E-state index in [9.17, 15) is 9.90 Å². The monoisotopic (exact) mass is 480 g/mol. The first-order chi connectivity index (χ1) is 13.3. The minimum atomic E-state index is -0.271. The standard InChI is InChI=1S/C24H36N2O3.BrH/c1-23(2,3)18-9-14(10-19(21(18)28)24(4,5)6)20(27)13-26-12-15-8-16(29-7)11-17(15)22(26)25;/h9-10,15-17,25,28H,8,11-13H2,1-7H3;1H. The Labute approximate surface area is 191 Å². The molecule has 2 fully saturated rings. The largest absolute Gasteiger partial charge is 0.507 e. The van der Waals surface area contributed by atoms with Crippen molar-refractivity contribution in [2.45, 2.75) is 71.3 Å². The number of methoxy groups -OCH3 is 1. The second kappa shape index (κ2) is 8.62. The molecule has 0 radical (unpaired) electrons. The molecule has 2 N–H and O–H groups in total. The second-order valence-electron chi connectivity index (χ2n) is 10.8. The third kappa shape index (κ3) is 4.75. The fraction of sp³-hybridized carbons (Fsp3) is 0.667. The lowest BCUT2D eigenvalue weighted by atomic mass is 9.78. The summed E-state index contributed by atoms with van der Waals surface area (Å²) in [4.78, 5) is 15.1. The molecule has 1 heterocycles. The van der Waals surface area contributed by atoms with Crippen LogP contribution in [0.3, 0.4) is 0 Å². The molecule has 1 aromatic carbocycles. The molecule has 0 bridgehead atoms. The van der Waals surface area contributed by atoms with E-state index < -0.39 is 0 Å². The van der Waals surface area contributed by atoms with Crippen LogP contribution in [0.4, 0.5) is 0 Å². The summed E-state index contributed by atoms with van der Waals surface area (Å²) < 4.78 is 5.48. The van der Waals surface area contributed by atoms with Gasteiger partial charge in [-0.25, -0.2) is 0 Å². The number of carbonyl (C=O) groups excluding carboxylic acids is 1. The molecule has 0 spiro atoms. The summed E-state index contributed by atoms with van der Waals surface area (Å²) in [5.41, 5.74) is 1.67. The van der Waals surface area contributed by atoms with Crippen LogP contribution in [0.5, 0.6) is 5.75 Å². The van der Waals surface area contributed by atoms with Crippen LogP contribution < -0.4 is 0 Å². The van der Waals surface area contributed by atoms with Gasteiger partial charge in [0.25, 0.3) is 0 Å². The lowest BCUT2D eigenvalue weighted by Gasteiger charge is -2.28. The average Bonchev–Trinajstić information content (AvgIpc) is 3.12. The number of amidine groups is 1.